The maximum atomic E-state index is 13.2. The maximum absolute atomic E-state index is 13.2. The number of piperazine rings is 1. The first-order chi connectivity index (χ1) is 12.8. The lowest BCUT2D eigenvalue weighted by Gasteiger charge is -2.32. The number of rotatable bonds is 6. The molecule has 146 valence electrons. The molecule has 27 heavy (non-hydrogen) atoms. The topological polar surface area (TPSA) is 52.6 Å². The molecule has 2 aromatic carbocycles. The van der Waals surface area contributed by atoms with Gasteiger partial charge in [0, 0.05) is 39.3 Å². The van der Waals surface area contributed by atoms with Gasteiger partial charge in [-0.15, -0.1) is 0 Å². The van der Waals surface area contributed by atoms with Gasteiger partial charge in [0.15, 0.2) is 0 Å². The Morgan fingerprint density at radius 2 is 1.67 bits per heavy atom. The fourth-order valence-corrected chi connectivity index (χ4v) is 4.22. The van der Waals surface area contributed by atoms with Crippen LogP contribution in [0.2, 0.25) is 5.02 Å². The van der Waals surface area contributed by atoms with E-state index in [2.05, 4.69) is 21.6 Å². The van der Waals surface area contributed by atoms with Crippen LogP contribution in [0.1, 0.15) is 11.1 Å². The van der Waals surface area contributed by atoms with Crippen LogP contribution in [0.3, 0.4) is 0 Å². The summed E-state index contributed by atoms with van der Waals surface area (Å²) < 4.78 is 40.4. The minimum Gasteiger partial charge on any atom is -0.304 e. The molecule has 0 aliphatic carbocycles. The van der Waals surface area contributed by atoms with Crippen molar-refractivity contribution in [2.75, 3.05) is 33.2 Å². The molecule has 0 saturated carbocycles. The van der Waals surface area contributed by atoms with Crippen molar-refractivity contribution in [3.05, 3.63) is 64.4 Å². The Bertz CT molecular complexity index is 882. The number of nitrogens with zero attached hydrogens (tertiary/aromatic N) is 2. The highest BCUT2D eigenvalue weighted by molar-refractivity contribution is 7.89. The summed E-state index contributed by atoms with van der Waals surface area (Å²) in [6.07, 6.45) is 0. The highest BCUT2D eigenvalue weighted by Crippen LogP contribution is 2.19. The van der Waals surface area contributed by atoms with Crippen LogP contribution in [0.25, 0.3) is 0 Å². The first-order valence-corrected chi connectivity index (χ1v) is 10.6. The summed E-state index contributed by atoms with van der Waals surface area (Å²) in [5.74, 6) is -0.647. The second-order valence-electron chi connectivity index (χ2n) is 6.80. The minimum atomic E-state index is -3.75. The number of hydrogen-bond donors (Lipinski definition) is 1. The van der Waals surface area contributed by atoms with Gasteiger partial charge in [-0.3, -0.25) is 4.90 Å². The molecule has 0 spiro atoms. The van der Waals surface area contributed by atoms with E-state index in [1.165, 1.54) is 11.6 Å². The molecule has 2 aromatic rings. The van der Waals surface area contributed by atoms with E-state index in [1.54, 1.807) is 0 Å². The molecule has 0 aromatic heterocycles. The fraction of sp³-hybridized carbons (Fsp3) is 0.368. The Hall–Kier alpha value is -1.51. The van der Waals surface area contributed by atoms with E-state index in [0.717, 1.165) is 50.4 Å². The maximum Gasteiger partial charge on any atom is 0.240 e. The second-order valence-corrected chi connectivity index (χ2v) is 8.97. The highest BCUT2D eigenvalue weighted by atomic mass is 35.5. The lowest BCUT2D eigenvalue weighted by Crippen LogP contribution is -2.43. The lowest BCUT2D eigenvalue weighted by atomic mass is 10.1. The van der Waals surface area contributed by atoms with Gasteiger partial charge in [0.1, 0.15) is 5.82 Å². The molecule has 1 N–H and O–H groups in total. The van der Waals surface area contributed by atoms with Crippen LogP contribution >= 0.6 is 11.6 Å². The van der Waals surface area contributed by atoms with Gasteiger partial charge in [-0.1, -0.05) is 35.9 Å². The molecule has 1 heterocycles. The Morgan fingerprint density at radius 3 is 2.30 bits per heavy atom. The molecular formula is C19H23ClFN3O2S. The average Bonchev–Trinajstić information content (AvgIpc) is 2.65. The first kappa shape index (κ1) is 20.2. The lowest BCUT2D eigenvalue weighted by molar-refractivity contribution is 0.148. The van der Waals surface area contributed by atoms with Crippen molar-refractivity contribution in [3.8, 4) is 0 Å². The quantitative estimate of drug-likeness (QED) is 0.794. The van der Waals surface area contributed by atoms with E-state index in [4.69, 9.17) is 11.6 Å². The van der Waals surface area contributed by atoms with Gasteiger partial charge < -0.3 is 4.90 Å². The van der Waals surface area contributed by atoms with E-state index >= 15 is 0 Å². The molecule has 3 rings (SSSR count). The zero-order chi connectivity index (χ0) is 19.4. The second kappa shape index (κ2) is 8.67. The normalized spacial score (nSPS) is 16.6. The first-order valence-electron chi connectivity index (χ1n) is 8.77. The summed E-state index contributed by atoms with van der Waals surface area (Å²) in [6.45, 7) is 5.32. The number of halogens is 2. The van der Waals surface area contributed by atoms with E-state index in [1.807, 2.05) is 24.3 Å². The predicted octanol–water partition coefficient (Wildman–Crippen LogP) is 2.71. The third-order valence-corrected chi connectivity index (χ3v) is 6.38. The van der Waals surface area contributed by atoms with Gasteiger partial charge in [0.25, 0.3) is 0 Å². The summed E-state index contributed by atoms with van der Waals surface area (Å²) in [7, 11) is -1.62. The zero-order valence-electron chi connectivity index (χ0n) is 15.2. The number of hydrogen-bond acceptors (Lipinski definition) is 4. The van der Waals surface area contributed by atoms with Crippen molar-refractivity contribution in [1.29, 1.82) is 0 Å². The van der Waals surface area contributed by atoms with Crippen molar-refractivity contribution in [3.63, 3.8) is 0 Å². The zero-order valence-corrected chi connectivity index (χ0v) is 16.7. The van der Waals surface area contributed by atoms with Gasteiger partial charge in [0.05, 0.1) is 9.92 Å². The van der Waals surface area contributed by atoms with Crippen molar-refractivity contribution in [2.24, 2.45) is 0 Å². The summed E-state index contributed by atoms with van der Waals surface area (Å²) in [5.41, 5.74) is 2.06. The number of likely N-dealkylation sites (N-methyl/N-ethyl adjacent to an activating group) is 1. The van der Waals surface area contributed by atoms with Gasteiger partial charge in [0.2, 0.25) is 10.0 Å². The fourth-order valence-electron chi connectivity index (χ4n) is 2.93. The summed E-state index contributed by atoms with van der Waals surface area (Å²) >= 11 is 5.67. The Balaban J connectivity index is 1.57. The van der Waals surface area contributed by atoms with E-state index < -0.39 is 15.8 Å². The molecule has 0 bridgehead atoms. The summed E-state index contributed by atoms with van der Waals surface area (Å²) in [4.78, 5) is 4.68. The Labute approximate surface area is 164 Å². The predicted molar refractivity (Wildman–Crippen MR) is 105 cm³/mol. The molecule has 0 amide bonds. The van der Waals surface area contributed by atoms with E-state index in [-0.39, 0.29) is 16.5 Å². The van der Waals surface area contributed by atoms with Crippen LogP contribution < -0.4 is 4.72 Å². The molecule has 0 atom stereocenters. The number of benzene rings is 2. The van der Waals surface area contributed by atoms with Crippen LogP contribution in [-0.4, -0.2) is 51.4 Å². The third-order valence-electron chi connectivity index (χ3n) is 4.69. The summed E-state index contributed by atoms with van der Waals surface area (Å²) in [5, 5.41) is -0.217. The SMILES string of the molecule is CN1CCN(Cc2ccc(CNS(=O)(=O)c3ccc(F)c(Cl)c3)cc2)CC1. The third kappa shape index (κ3) is 5.49. The van der Waals surface area contributed by atoms with Gasteiger partial charge >= 0.3 is 0 Å². The van der Waals surface area contributed by atoms with Crippen LogP contribution in [0, 0.1) is 5.82 Å². The highest BCUT2D eigenvalue weighted by Gasteiger charge is 2.16. The summed E-state index contributed by atoms with van der Waals surface area (Å²) in [6, 6.07) is 11.2. The van der Waals surface area contributed by atoms with E-state index in [9.17, 15) is 12.8 Å². The number of sulfonamides is 1. The molecule has 8 heteroatoms. The van der Waals surface area contributed by atoms with Crippen molar-refractivity contribution in [2.45, 2.75) is 18.0 Å². The molecule has 1 aliphatic rings. The number of nitrogens with one attached hydrogen (secondary N) is 1. The molecule has 1 aliphatic heterocycles. The van der Waals surface area contributed by atoms with Crippen molar-refractivity contribution >= 4 is 21.6 Å². The van der Waals surface area contributed by atoms with Crippen LogP contribution in [0.4, 0.5) is 4.39 Å². The van der Waals surface area contributed by atoms with Crippen LogP contribution in [-0.2, 0) is 23.1 Å². The molecule has 5 nitrogen and oxygen atoms in total. The molecule has 1 saturated heterocycles. The van der Waals surface area contributed by atoms with Crippen LogP contribution in [0.15, 0.2) is 47.4 Å². The monoisotopic (exact) mass is 411 g/mol. The van der Waals surface area contributed by atoms with E-state index in [0.29, 0.717) is 0 Å². The van der Waals surface area contributed by atoms with Gasteiger partial charge in [-0.2, -0.15) is 0 Å². The largest absolute Gasteiger partial charge is 0.304 e. The molecule has 0 radical (unpaired) electrons. The smallest absolute Gasteiger partial charge is 0.240 e. The molecular weight excluding hydrogens is 389 g/mol. The Morgan fingerprint density at radius 1 is 1.04 bits per heavy atom. The minimum absolute atomic E-state index is 0.0550. The van der Waals surface area contributed by atoms with Crippen molar-refractivity contribution in [1.82, 2.24) is 14.5 Å². The average molecular weight is 412 g/mol. The van der Waals surface area contributed by atoms with Gasteiger partial charge in [-0.05, 0) is 36.4 Å². The van der Waals surface area contributed by atoms with Crippen molar-refractivity contribution < 1.29 is 12.8 Å². The molecule has 0 unspecified atom stereocenters. The standard InChI is InChI=1S/C19H23ClFN3O2S/c1-23-8-10-24(11-9-23)14-16-4-2-15(3-5-16)13-22-27(25,26)17-6-7-19(21)18(20)12-17/h2-7,12,22H,8-11,13-14H2,1H3. The van der Waals surface area contributed by atoms with Gasteiger partial charge in [-0.25, -0.2) is 17.5 Å². The molecule has 1 fully saturated rings. The Kier molecular flexibility index (Phi) is 6.49. The van der Waals surface area contributed by atoms with Crippen LogP contribution in [0.5, 0.6) is 0 Å².